The lowest BCUT2D eigenvalue weighted by molar-refractivity contribution is 0.0364. The van der Waals surface area contributed by atoms with E-state index < -0.39 is 0 Å². The Hall–Kier alpha value is -1.02. The van der Waals surface area contributed by atoms with E-state index in [0.717, 1.165) is 23.5 Å². The second kappa shape index (κ2) is 6.12. The highest BCUT2D eigenvalue weighted by molar-refractivity contribution is 5.36. The molecule has 23 heavy (non-hydrogen) atoms. The minimum Gasteiger partial charge on any atom is -0.497 e. The molecule has 2 nitrogen and oxygen atoms in total. The maximum Gasteiger partial charge on any atom is 0.119 e. The van der Waals surface area contributed by atoms with Crippen LogP contribution in [-0.2, 0) is 5.41 Å². The Balaban J connectivity index is 1.61. The van der Waals surface area contributed by atoms with Gasteiger partial charge in [-0.2, -0.15) is 0 Å². The number of ether oxygens (including phenoxy) is 1. The molecule has 0 N–H and O–H groups in total. The molecule has 3 fully saturated rings. The Morgan fingerprint density at radius 1 is 1.22 bits per heavy atom. The number of fused-ring (bicyclic) bond motifs is 1. The van der Waals surface area contributed by atoms with Crippen LogP contribution >= 0.6 is 0 Å². The first-order chi connectivity index (χ1) is 11.2. The standard InChI is InChI=1S/C21H31NO/c1-16-6-9-19-15-22(14-17-7-8-17)11-10-21(19,13-16)18-4-3-5-20(12-18)23-2/h3-5,12,16-17,19H,6-11,13-15H2,1-2H3/t16?,19-,21+/m1/s1. The molecule has 2 heteroatoms. The van der Waals surface area contributed by atoms with Crippen LogP contribution in [0, 0.1) is 17.8 Å². The number of nitrogens with zero attached hydrogens (tertiary/aromatic N) is 1. The monoisotopic (exact) mass is 313 g/mol. The molecule has 3 aliphatic rings. The van der Waals surface area contributed by atoms with Crippen LogP contribution in [0.1, 0.15) is 51.0 Å². The molecule has 0 aromatic heterocycles. The van der Waals surface area contributed by atoms with Gasteiger partial charge in [0, 0.05) is 18.5 Å². The maximum atomic E-state index is 5.52. The van der Waals surface area contributed by atoms with Gasteiger partial charge in [0.05, 0.1) is 7.11 Å². The summed E-state index contributed by atoms with van der Waals surface area (Å²) in [7, 11) is 1.79. The van der Waals surface area contributed by atoms with E-state index in [-0.39, 0.29) is 0 Å². The second-order valence-corrected chi connectivity index (χ2v) is 8.42. The quantitative estimate of drug-likeness (QED) is 0.812. The summed E-state index contributed by atoms with van der Waals surface area (Å²) in [5, 5.41) is 0. The molecule has 3 atom stereocenters. The van der Waals surface area contributed by atoms with Gasteiger partial charge in [0.2, 0.25) is 0 Å². The fraction of sp³-hybridized carbons (Fsp3) is 0.714. The molecule has 4 rings (SSSR count). The van der Waals surface area contributed by atoms with Crippen LogP contribution < -0.4 is 4.74 Å². The highest BCUT2D eigenvalue weighted by Gasteiger charge is 2.47. The Morgan fingerprint density at radius 3 is 2.87 bits per heavy atom. The number of rotatable bonds is 4. The van der Waals surface area contributed by atoms with Gasteiger partial charge in [0.1, 0.15) is 5.75 Å². The summed E-state index contributed by atoms with van der Waals surface area (Å²) in [6.07, 6.45) is 8.45. The van der Waals surface area contributed by atoms with Gasteiger partial charge in [0.15, 0.2) is 0 Å². The van der Waals surface area contributed by atoms with Crippen LogP contribution in [0.25, 0.3) is 0 Å². The van der Waals surface area contributed by atoms with Gasteiger partial charge >= 0.3 is 0 Å². The molecule has 1 saturated heterocycles. The average molecular weight is 313 g/mol. The number of methoxy groups -OCH3 is 1. The summed E-state index contributed by atoms with van der Waals surface area (Å²) < 4.78 is 5.52. The molecule has 0 amide bonds. The van der Waals surface area contributed by atoms with E-state index in [2.05, 4.69) is 36.1 Å². The number of piperidine rings is 1. The summed E-state index contributed by atoms with van der Waals surface area (Å²) in [4.78, 5) is 2.77. The first-order valence-electron chi connectivity index (χ1n) is 9.56. The van der Waals surface area contributed by atoms with E-state index >= 15 is 0 Å². The average Bonchev–Trinajstić information content (AvgIpc) is 3.39. The van der Waals surface area contributed by atoms with Crippen molar-refractivity contribution in [3.05, 3.63) is 29.8 Å². The first-order valence-corrected chi connectivity index (χ1v) is 9.56. The van der Waals surface area contributed by atoms with Crippen molar-refractivity contribution in [3.63, 3.8) is 0 Å². The lowest BCUT2D eigenvalue weighted by atomic mass is 9.57. The molecule has 1 unspecified atom stereocenters. The van der Waals surface area contributed by atoms with Crippen molar-refractivity contribution in [1.29, 1.82) is 0 Å². The molecule has 0 spiro atoms. The van der Waals surface area contributed by atoms with Crippen LogP contribution in [0.2, 0.25) is 0 Å². The van der Waals surface area contributed by atoms with Crippen LogP contribution in [0.5, 0.6) is 5.75 Å². The molecule has 0 radical (unpaired) electrons. The molecule has 1 heterocycles. The molecular formula is C21H31NO. The summed E-state index contributed by atoms with van der Waals surface area (Å²) >= 11 is 0. The van der Waals surface area contributed by atoms with E-state index in [1.165, 1.54) is 58.2 Å². The molecule has 2 aliphatic carbocycles. The molecular weight excluding hydrogens is 282 g/mol. The molecule has 1 aromatic rings. The highest BCUT2D eigenvalue weighted by atomic mass is 16.5. The van der Waals surface area contributed by atoms with Crippen molar-refractivity contribution in [2.45, 2.75) is 50.9 Å². The van der Waals surface area contributed by atoms with Gasteiger partial charge in [-0.1, -0.05) is 25.5 Å². The number of benzene rings is 1. The molecule has 0 bridgehead atoms. The van der Waals surface area contributed by atoms with Gasteiger partial charge in [0.25, 0.3) is 0 Å². The largest absolute Gasteiger partial charge is 0.497 e. The van der Waals surface area contributed by atoms with E-state index in [9.17, 15) is 0 Å². The summed E-state index contributed by atoms with van der Waals surface area (Å²) in [6.45, 7) is 6.42. The van der Waals surface area contributed by atoms with Gasteiger partial charge in [-0.15, -0.1) is 0 Å². The Bertz CT molecular complexity index is 553. The number of hydrogen-bond acceptors (Lipinski definition) is 2. The zero-order valence-electron chi connectivity index (χ0n) is 14.8. The summed E-state index contributed by atoms with van der Waals surface area (Å²) in [5.74, 6) is 3.72. The lowest BCUT2D eigenvalue weighted by Gasteiger charge is -2.53. The zero-order chi connectivity index (χ0) is 15.9. The van der Waals surface area contributed by atoms with Crippen molar-refractivity contribution < 1.29 is 4.74 Å². The predicted molar refractivity (Wildman–Crippen MR) is 95.0 cm³/mol. The third-order valence-corrected chi connectivity index (χ3v) is 6.71. The zero-order valence-corrected chi connectivity index (χ0v) is 14.8. The predicted octanol–water partition coefficient (Wildman–Crippen LogP) is 4.48. The molecule has 1 aromatic carbocycles. The van der Waals surface area contributed by atoms with Crippen molar-refractivity contribution in [1.82, 2.24) is 4.90 Å². The maximum absolute atomic E-state index is 5.52. The topological polar surface area (TPSA) is 12.5 Å². The third kappa shape index (κ3) is 3.03. The Kier molecular flexibility index (Phi) is 4.13. The van der Waals surface area contributed by atoms with Crippen molar-refractivity contribution in [3.8, 4) is 5.75 Å². The van der Waals surface area contributed by atoms with Crippen molar-refractivity contribution in [2.75, 3.05) is 26.7 Å². The Morgan fingerprint density at radius 2 is 2.09 bits per heavy atom. The SMILES string of the molecule is COc1cccc([C@@]23CCN(CC4CC4)C[C@H]2CCC(C)C3)c1. The van der Waals surface area contributed by atoms with Crippen LogP contribution in [-0.4, -0.2) is 31.6 Å². The van der Waals surface area contributed by atoms with E-state index in [1.54, 1.807) is 12.7 Å². The number of hydrogen-bond donors (Lipinski definition) is 0. The smallest absolute Gasteiger partial charge is 0.119 e. The van der Waals surface area contributed by atoms with Gasteiger partial charge in [-0.25, -0.2) is 0 Å². The molecule has 1 aliphatic heterocycles. The normalized spacial score (nSPS) is 34.9. The highest BCUT2D eigenvalue weighted by Crippen LogP contribution is 2.51. The van der Waals surface area contributed by atoms with Gasteiger partial charge < -0.3 is 9.64 Å². The fourth-order valence-corrected chi connectivity index (χ4v) is 5.25. The molecule has 2 saturated carbocycles. The first kappa shape index (κ1) is 15.5. The van der Waals surface area contributed by atoms with Crippen LogP contribution in [0.4, 0.5) is 0 Å². The van der Waals surface area contributed by atoms with E-state index in [4.69, 9.17) is 4.74 Å². The minimum atomic E-state index is 0.395. The van der Waals surface area contributed by atoms with Crippen LogP contribution in [0.3, 0.4) is 0 Å². The summed E-state index contributed by atoms with van der Waals surface area (Å²) in [5.41, 5.74) is 1.94. The van der Waals surface area contributed by atoms with E-state index in [0.29, 0.717) is 5.41 Å². The minimum absolute atomic E-state index is 0.395. The lowest BCUT2D eigenvalue weighted by Crippen LogP contribution is -2.53. The summed E-state index contributed by atoms with van der Waals surface area (Å²) in [6, 6.07) is 8.96. The van der Waals surface area contributed by atoms with Crippen LogP contribution in [0.15, 0.2) is 24.3 Å². The Labute approximate surface area is 141 Å². The number of likely N-dealkylation sites (tertiary alicyclic amines) is 1. The van der Waals surface area contributed by atoms with Crippen molar-refractivity contribution >= 4 is 0 Å². The second-order valence-electron chi connectivity index (χ2n) is 8.42. The van der Waals surface area contributed by atoms with Crippen molar-refractivity contribution in [2.24, 2.45) is 17.8 Å². The molecule has 126 valence electrons. The fourth-order valence-electron chi connectivity index (χ4n) is 5.25. The van der Waals surface area contributed by atoms with Gasteiger partial charge in [-0.05, 0) is 74.1 Å². The van der Waals surface area contributed by atoms with Gasteiger partial charge in [-0.3, -0.25) is 0 Å². The third-order valence-electron chi connectivity index (χ3n) is 6.71. The van der Waals surface area contributed by atoms with E-state index in [1.807, 2.05) is 0 Å².